The highest BCUT2D eigenvalue weighted by Gasteiger charge is 1.96. The van der Waals surface area contributed by atoms with Gasteiger partial charge < -0.3 is 10.1 Å². The van der Waals surface area contributed by atoms with Gasteiger partial charge in [-0.2, -0.15) is 0 Å². The van der Waals surface area contributed by atoms with Crippen molar-refractivity contribution in [2.45, 2.75) is 6.61 Å². The lowest BCUT2D eigenvalue weighted by atomic mass is 10.5. The number of rotatable bonds is 1. The molecular weight excluding hydrogens is 219 g/mol. The highest BCUT2D eigenvalue weighted by atomic mass is 127. The van der Waals surface area contributed by atoms with Crippen molar-refractivity contribution in [3.8, 4) is 0 Å². The van der Waals surface area contributed by atoms with E-state index >= 15 is 0 Å². The molecule has 0 atom stereocenters. The van der Waals surface area contributed by atoms with Crippen LogP contribution in [0.15, 0.2) is 6.33 Å². The Morgan fingerprint density at radius 3 is 2.88 bits per heavy atom. The Morgan fingerprint density at radius 2 is 2.62 bits per heavy atom. The minimum Gasteiger partial charge on any atom is -0.390 e. The summed E-state index contributed by atoms with van der Waals surface area (Å²) < 4.78 is 0.908. The van der Waals surface area contributed by atoms with Crippen LogP contribution in [0, 0.1) is 3.70 Å². The smallest absolute Gasteiger partial charge is 0.102 e. The van der Waals surface area contributed by atoms with E-state index in [9.17, 15) is 0 Å². The molecule has 0 unspecified atom stereocenters. The minimum atomic E-state index is 0.0156. The molecule has 0 amide bonds. The number of aliphatic hydroxyl groups excluding tert-OH is 1. The Hall–Kier alpha value is -0.100. The van der Waals surface area contributed by atoms with Gasteiger partial charge in [-0.3, -0.25) is 0 Å². The van der Waals surface area contributed by atoms with E-state index in [-0.39, 0.29) is 6.61 Å². The molecule has 0 aromatic carbocycles. The molecule has 0 radical (unpaired) electrons. The summed E-state index contributed by atoms with van der Waals surface area (Å²) >= 11 is 2.08. The number of H-pyrrole nitrogens is 1. The average Bonchev–Trinajstić information content (AvgIpc) is 2.14. The normalized spacial score (nSPS) is 9.75. The second-order valence-electron chi connectivity index (χ2n) is 1.32. The molecule has 0 aliphatic heterocycles. The average molecular weight is 224 g/mol. The number of hydrogen-bond donors (Lipinski definition) is 2. The monoisotopic (exact) mass is 224 g/mol. The molecule has 0 fully saturated rings. The molecule has 0 aliphatic carbocycles. The fourth-order valence-corrected chi connectivity index (χ4v) is 0.866. The Bertz CT molecular complexity index is 174. The molecule has 4 heteroatoms. The number of aliphatic hydroxyl groups is 1. The minimum absolute atomic E-state index is 0.0156. The topological polar surface area (TPSA) is 48.9 Å². The Balaban J connectivity index is 2.92. The number of aromatic amines is 1. The van der Waals surface area contributed by atoms with Crippen LogP contribution in [-0.2, 0) is 6.61 Å². The van der Waals surface area contributed by atoms with Crippen LogP contribution in [0.3, 0.4) is 0 Å². The van der Waals surface area contributed by atoms with Gasteiger partial charge in [0.05, 0.1) is 18.6 Å². The molecule has 2 N–H and O–H groups in total. The van der Waals surface area contributed by atoms with E-state index < -0.39 is 0 Å². The van der Waals surface area contributed by atoms with Crippen molar-refractivity contribution >= 4 is 22.6 Å². The first-order valence-electron chi connectivity index (χ1n) is 2.13. The van der Waals surface area contributed by atoms with Crippen LogP contribution in [0.5, 0.6) is 0 Å². The van der Waals surface area contributed by atoms with Gasteiger partial charge in [-0.25, -0.2) is 4.98 Å². The van der Waals surface area contributed by atoms with Gasteiger partial charge in [0.25, 0.3) is 0 Å². The van der Waals surface area contributed by atoms with Gasteiger partial charge in [-0.15, -0.1) is 0 Å². The predicted molar refractivity (Wildman–Crippen MR) is 37.2 cm³/mol. The molecule has 3 nitrogen and oxygen atoms in total. The van der Waals surface area contributed by atoms with Gasteiger partial charge in [0, 0.05) is 0 Å². The molecule has 0 bridgehead atoms. The summed E-state index contributed by atoms with van der Waals surface area (Å²) in [6, 6.07) is 0. The number of aromatic nitrogens is 2. The highest BCUT2D eigenvalue weighted by molar-refractivity contribution is 14.1. The summed E-state index contributed by atoms with van der Waals surface area (Å²) in [4.78, 5) is 6.66. The Morgan fingerprint density at radius 1 is 1.88 bits per heavy atom. The van der Waals surface area contributed by atoms with Crippen molar-refractivity contribution in [2.24, 2.45) is 0 Å². The standard InChI is InChI=1S/C4H5IN2O/c5-4-3(1-8)6-2-7-4/h2,8H,1H2,(H,6,7). The van der Waals surface area contributed by atoms with Gasteiger partial charge in [-0.05, 0) is 22.6 Å². The number of nitrogens with one attached hydrogen (secondary N) is 1. The van der Waals surface area contributed by atoms with Crippen LogP contribution in [0.2, 0.25) is 0 Å². The fourth-order valence-electron chi connectivity index (χ4n) is 0.417. The number of nitrogens with zero attached hydrogens (tertiary/aromatic N) is 1. The molecule has 1 rings (SSSR count). The molecule has 1 aromatic rings. The van der Waals surface area contributed by atoms with Crippen LogP contribution in [-0.4, -0.2) is 15.1 Å². The van der Waals surface area contributed by atoms with Gasteiger partial charge in [0.2, 0.25) is 0 Å². The van der Waals surface area contributed by atoms with Crippen molar-refractivity contribution < 1.29 is 5.11 Å². The molecule has 8 heavy (non-hydrogen) atoms. The first-order chi connectivity index (χ1) is 3.84. The summed E-state index contributed by atoms with van der Waals surface area (Å²) in [7, 11) is 0. The third-order valence-corrected chi connectivity index (χ3v) is 1.75. The van der Waals surface area contributed by atoms with E-state index in [1.165, 1.54) is 0 Å². The second kappa shape index (κ2) is 2.45. The second-order valence-corrected chi connectivity index (χ2v) is 2.40. The van der Waals surface area contributed by atoms with Crippen molar-refractivity contribution in [3.05, 3.63) is 15.7 Å². The summed E-state index contributed by atoms with van der Waals surface area (Å²) in [6.07, 6.45) is 1.56. The van der Waals surface area contributed by atoms with E-state index in [2.05, 4.69) is 32.6 Å². The van der Waals surface area contributed by atoms with Crippen molar-refractivity contribution in [1.29, 1.82) is 0 Å². The van der Waals surface area contributed by atoms with Gasteiger partial charge in [0.1, 0.15) is 3.70 Å². The maximum Gasteiger partial charge on any atom is 0.102 e. The molecule has 1 heterocycles. The van der Waals surface area contributed by atoms with E-state index in [1.54, 1.807) is 6.33 Å². The SMILES string of the molecule is OCc1nc[nH]c1I. The first-order valence-corrected chi connectivity index (χ1v) is 3.21. The van der Waals surface area contributed by atoms with E-state index in [1.807, 2.05) is 0 Å². The zero-order valence-electron chi connectivity index (χ0n) is 4.06. The Labute approximate surface area is 60.3 Å². The largest absolute Gasteiger partial charge is 0.390 e. The zero-order valence-corrected chi connectivity index (χ0v) is 6.21. The lowest BCUT2D eigenvalue weighted by molar-refractivity contribution is 0.276. The van der Waals surface area contributed by atoms with Gasteiger partial charge >= 0.3 is 0 Å². The van der Waals surface area contributed by atoms with Crippen molar-refractivity contribution in [1.82, 2.24) is 9.97 Å². The van der Waals surface area contributed by atoms with Crippen LogP contribution < -0.4 is 0 Å². The number of hydrogen-bond acceptors (Lipinski definition) is 2. The summed E-state index contributed by atoms with van der Waals surface area (Å²) in [5.41, 5.74) is 0.714. The summed E-state index contributed by atoms with van der Waals surface area (Å²) in [6.45, 7) is 0.0156. The maximum absolute atomic E-state index is 8.52. The van der Waals surface area contributed by atoms with Gasteiger partial charge in [0.15, 0.2) is 0 Å². The number of imidazole rings is 1. The molecule has 44 valence electrons. The lowest BCUT2D eigenvalue weighted by Crippen LogP contribution is -1.84. The van der Waals surface area contributed by atoms with E-state index in [0.29, 0.717) is 5.69 Å². The van der Waals surface area contributed by atoms with Crippen LogP contribution in [0.25, 0.3) is 0 Å². The molecular formula is C4H5IN2O. The fraction of sp³-hybridized carbons (Fsp3) is 0.250. The lowest BCUT2D eigenvalue weighted by Gasteiger charge is -1.84. The quantitative estimate of drug-likeness (QED) is 0.682. The summed E-state index contributed by atoms with van der Waals surface area (Å²) in [5.74, 6) is 0. The molecule has 1 aromatic heterocycles. The molecule has 0 aliphatic rings. The zero-order chi connectivity index (χ0) is 5.98. The van der Waals surface area contributed by atoms with Crippen LogP contribution in [0.4, 0.5) is 0 Å². The van der Waals surface area contributed by atoms with Gasteiger partial charge in [-0.1, -0.05) is 0 Å². The first kappa shape index (κ1) is 6.03. The number of halogens is 1. The van der Waals surface area contributed by atoms with Crippen molar-refractivity contribution in [2.75, 3.05) is 0 Å². The van der Waals surface area contributed by atoms with Crippen LogP contribution in [0.1, 0.15) is 5.69 Å². The maximum atomic E-state index is 8.52. The Kier molecular flexibility index (Phi) is 1.85. The molecule has 0 spiro atoms. The van der Waals surface area contributed by atoms with Crippen molar-refractivity contribution in [3.63, 3.8) is 0 Å². The molecule has 0 saturated heterocycles. The third-order valence-electron chi connectivity index (χ3n) is 0.815. The highest BCUT2D eigenvalue weighted by Crippen LogP contribution is 2.04. The van der Waals surface area contributed by atoms with E-state index in [0.717, 1.165) is 3.70 Å². The third kappa shape index (κ3) is 1.00. The summed E-state index contributed by atoms with van der Waals surface area (Å²) in [5, 5.41) is 8.52. The van der Waals surface area contributed by atoms with E-state index in [4.69, 9.17) is 5.11 Å². The van der Waals surface area contributed by atoms with Crippen LogP contribution >= 0.6 is 22.6 Å². The molecule has 0 saturated carbocycles. The predicted octanol–water partition coefficient (Wildman–Crippen LogP) is 0.507.